The van der Waals surface area contributed by atoms with E-state index in [0.29, 0.717) is 6.54 Å². The predicted molar refractivity (Wildman–Crippen MR) is 69.8 cm³/mol. The van der Waals surface area contributed by atoms with Crippen molar-refractivity contribution >= 4 is 28.2 Å². The third-order valence-corrected chi connectivity index (χ3v) is 2.82. The van der Waals surface area contributed by atoms with Crippen LogP contribution in [0.25, 0.3) is 10.9 Å². The Hall–Kier alpha value is -1.52. The van der Waals surface area contributed by atoms with Crippen LogP contribution in [0.4, 0.5) is 5.69 Å². The standard InChI is InChI=1S/C12H13ClN2O2/c13-6-9(16)7-14-10-3-1-2-8-4-5-11(17)15-12(8)10/h1-5,9,14,16H,6-7H2,(H,15,17). The van der Waals surface area contributed by atoms with Gasteiger partial charge >= 0.3 is 0 Å². The number of para-hydroxylation sites is 1. The minimum atomic E-state index is -0.609. The summed E-state index contributed by atoms with van der Waals surface area (Å²) in [5.74, 6) is 0.175. The van der Waals surface area contributed by atoms with Gasteiger partial charge in [-0.05, 0) is 12.1 Å². The molecule has 90 valence electrons. The van der Waals surface area contributed by atoms with Crippen LogP contribution in [0.5, 0.6) is 0 Å². The van der Waals surface area contributed by atoms with Gasteiger partial charge in [0.05, 0.1) is 23.2 Å². The first-order valence-corrected chi connectivity index (χ1v) is 5.84. The summed E-state index contributed by atoms with van der Waals surface area (Å²) in [6.45, 7) is 0.347. The second-order valence-corrected chi connectivity index (χ2v) is 4.09. The molecule has 1 heterocycles. The number of anilines is 1. The number of nitrogens with one attached hydrogen (secondary N) is 2. The molecule has 5 heteroatoms. The van der Waals surface area contributed by atoms with Crippen LogP contribution in [-0.4, -0.2) is 28.6 Å². The predicted octanol–water partition coefficient (Wildman–Crippen LogP) is 1.54. The van der Waals surface area contributed by atoms with E-state index in [9.17, 15) is 9.90 Å². The molecule has 1 aromatic heterocycles. The number of hydrogen-bond donors (Lipinski definition) is 3. The molecule has 2 rings (SSSR count). The minimum Gasteiger partial charge on any atom is -0.390 e. The summed E-state index contributed by atoms with van der Waals surface area (Å²) in [4.78, 5) is 14.0. The Balaban J connectivity index is 2.33. The van der Waals surface area contributed by atoms with Crippen molar-refractivity contribution in [2.45, 2.75) is 6.10 Å². The Morgan fingerprint density at radius 3 is 2.94 bits per heavy atom. The Bertz CT molecular complexity index is 568. The lowest BCUT2D eigenvalue weighted by molar-refractivity contribution is 0.211. The molecule has 0 amide bonds. The molecular formula is C12H13ClN2O2. The zero-order valence-electron chi connectivity index (χ0n) is 9.11. The van der Waals surface area contributed by atoms with Crippen molar-refractivity contribution in [3.63, 3.8) is 0 Å². The molecule has 0 aliphatic heterocycles. The maximum atomic E-state index is 11.3. The van der Waals surface area contributed by atoms with Crippen molar-refractivity contribution in [3.05, 3.63) is 40.7 Å². The Morgan fingerprint density at radius 1 is 1.35 bits per heavy atom. The molecular weight excluding hydrogens is 240 g/mol. The summed E-state index contributed by atoms with van der Waals surface area (Å²) in [5.41, 5.74) is 1.37. The Morgan fingerprint density at radius 2 is 2.18 bits per heavy atom. The monoisotopic (exact) mass is 252 g/mol. The first-order valence-electron chi connectivity index (χ1n) is 5.30. The second-order valence-electron chi connectivity index (χ2n) is 3.78. The summed E-state index contributed by atoms with van der Waals surface area (Å²) in [7, 11) is 0. The number of aromatic amines is 1. The van der Waals surface area contributed by atoms with Gasteiger partial charge in [-0.1, -0.05) is 12.1 Å². The zero-order chi connectivity index (χ0) is 12.3. The number of alkyl halides is 1. The van der Waals surface area contributed by atoms with Crippen LogP contribution in [0.15, 0.2) is 35.1 Å². The normalized spacial score (nSPS) is 12.6. The SMILES string of the molecule is O=c1ccc2cccc(NCC(O)CCl)c2[nH]1. The van der Waals surface area contributed by atoms with Gasteiger partial charge in [0, 0.05) is 18.0 Å². The van der Waals surface area contributed by atoms with Gasteiger partial charge in [0.1, 0.15) is 0 Å². The van der Waals surface area contributed by atoms with Gasteiger partial charge in [-0.15, -0.1) is 11.6 Å². The topological polar surface area (TPSA) is 65.1 Å². The molecule has 0 radical (unpaired) electrons. The number of rotatable bonds is 4. The lowest BCUT2D eigenvalue weighted by Crippen LogP contribution is -2.21. The van der Waals surface area contributed by atoms with Crippen molar-refractivity contribution < 1.29 is 5.11 Å². The molecule has 0 bridgehead atoms. The number of halogens is 1. The number of benzene rings is 1. The number of aromatic nitrogens is 1. The fourth-order valence-electron chi connectivity index (χ4n) is 1.61. The van der Waals surface area contributed by atoms with Crippen molar-refractivity contribution in [1.82, 2.24) is 4.98 Å². The van der Waals surface area contributed by atoms with Gasteiger partial charge in [0.2, 0.25) is 5.56 Å². The zero-order valence-corrected chi connectivity index (χ0v) is 9.87. The molecule has 0 spiro atoms. The Labute approximate surface area is 103 Å². The van der Waals surface area contributed by atoms with Crippen LogP contribution in [0, 0.1) is 0 Å². The molecule has 17 heavy (non-hydrogen) atoms. The summed E-state index contributed by atoms with van der Waals surface area (Å²) in [6.07, 6.45) is -0.609. The molecule has 1 aromatic carbocycles. The highest BCUT2D eigenvalue weighted by molar-refractivity contribution is 6.18. The molecule has 4 nitrogen and oxygen atoms in total. The highest BCUT2D eigenvalue weighted by Gasteiger charge is 2.04. The van der Waals surface area contributed by atoms with Crippen molar-refractivity contribution in [3.8, 4) is 0 Å². The first-order chi connectivity index (χ1) is 8.20. The maximum Gasteiger partial charge on any atom is 0.248 e. The average Bonchev–Trinajstić information content (AvgIpc) is 2.35. The van der Waals surface area contributed by atoms with Crippen LogP contribution in [-0.2, 0) is 0 Å². The average molecular weight is 253 g/mol. The summed E-state index contributed by atoms with van der Waals surface area (Å²) < 4.78 is 0. The van der Waals surface area contributed by atoms with E-state index in [1.54, 1.807) is 6.07 Å². The van der Waals surface area contributed by atoms with Crippen LogP contribution in [0.3, 0.4) is 0 Å². The molecule has 0 saturated carbocycles. The van der Waals surface area contributed by atoms with E-state index in [4.69, 9.17) is 11.6 Å². The Kier molecular flexibility index (Phi) is 3.66. The van der Waals surface area contributed by atoms with Gasteiger partial charge in [-0.25, -0.2) is 0 Å². The fraction of sp³-hybridized carbons (Fsp3) is 0.250. The van der Waals surface area contributed by atoms with Crippen LogP contribution in [0.1, 0.15) is 0 Å². The number of pyridine rings is 1. The van der Waals surface area contributed by atoms with E-state index in [2.05, 4.69) is 10.3 Å². The van der Waals surface area contributed by atoms with Gasteiger partial charge in [0.15, 0.2) is 0 Å². The fourth-order valence-corrected chi connectivity index (χ4v) is 1.72. The second kappa shape index (κ2) is 5.21. The van der Waals surface area contributed by atoms with Crippen LogP contribution in [0.2, 0.25) is 0 Å². The number of aliphatic hydroxyl groups is 1. The van der Waals surface area contributed by atoms with Gasteiger partial charge in [-0.3, -0.25) is 4.79 Å². The quantitative estimate of drug-likeness (QED) is 0.724. The third-order valence-electron chi connectivity index (χ3n) is 2.47. The first kappa shape index (κ1) is 12.0. The minimum absolute atomic E-state index is 0.148. The van der Waals surface area contributed by atoms with E-state index in [-0.39, 0.29) is 11.4 Å². The van der Waals surface area contributed by atoms with Crippen molar-refractivity contribution in [1.29, 1.82) is 0 Å². The molecule has 0 aliphatic rings. The van der Waals surface area contributed by atoms with Crippen molar-refractivity contribution in [2.24, 2.45) is 0 Å². The number of H-pyrrole nitrogens is 1. The van der Waals surface area contributed by atoms with E-state index in [1.165, 1.54) is 6.07 Å². The lowest BCUT2D eigenvalue weighted by Gasteiger charge is -2.11. The largest absolute Gasteiger partial charge is 0.390 e. The molecule has 0 aliphatic carbocycles. The number of hydrogen-bond acceptors (Lipinski definition) is 3. The highest BCUT2D eigenvalue weighted by atomic mass is 35.5. The van der Waals surface area contributed by atoms with Crippen LogP contribution >= 0.6 is 11.6 Å². The summed E-state index contributed by atoms with van der Waals surface area (Å²) >= 11 is 5.51. The molecule has 3 N–H and O–H groups in total. The number of fused-ring (bicyclic) bond motifs is 1. The van der Waals surface area contributed by atoms with Crippen LogP contribution < -0.4 is 10.9 Å². The summed E-state index contributed by atoms with van der Waals surface area (Å²) in [5, 5.41) is 13.4. The number of aliphatic hydroxyl groups excluding tert-OH is 1. The highest BCUT2D eigenvalue weighted by Crippen LogP contribution is 2.19. The van der Waals surface area contributed by atoms with Crippen molar-refractivity contribution in [2.75, 3.05) is 17.7 Å². The third kappa shape index (κ3) is 2.78. The molecule has 0 saturated heterocycles. The molecule has 0 fully saturated rings. The van der Waals surface area contributed by atoms with E-state index in [1.807, 2.05) is 18.2 Å². The smallest absolute Gasteiger partial charge is 0.248 e. The lowest BCUT2D eigenvalue weighted by atomic mass is 10.2. The van der Waals surface area contributed by atoms with E-state index < -0.39 is 6.10 Å². The summed E-state index contributed by atoms with van der Waals surface area (Å²) in [6, 6.07) is 8.89. The molecule has 1 unspecified atom stereocenters. The van der Waals surface area contributed by atoms with Gasteiger partial charge < -0.3 is 15.4 Å². The van der Waals surface area contributed by atoms with Gasteiger partial charge in [0.25, 0.3) is 0 Å². The van der Waals surface area contributed by atoms with Gasteiger partial charge in [-0.2, -0.15) is 0 Å². The van der Waals surface area contributed by atoms with E-state index >= 15 is 0 Å². The van der Waals surface area contributed by atoms with E-state index in [0.717, 1.165) is 16.6 Å². The maximum absolute atomic E-state index is 11.3. The molecule has 1 atom stereocenters. The molecule has 2 aromatic rings.